The summed E-state index contributed by atoms with van der Waals surface area (Å²) in [5.41, 5.74) is 6.65. The smallest absolute Gasteiger partial charge is 0.0961 e. The van der Waals surface area contributed by atoms with Crippen LogP contribution in [0, 0.1) is 0 Å². The van der Waals surface area contributed by atoms with Gasteiger partial charge in [-0.15, -0.1) is 0 Å². The number of hydrogen-bond acceptors (Lipinski definition) is 3. The third-order valence-corrected chi connectivity index (χ3v) is 1.79. The number of ether oxygens (including phenoxy) is 1. The van der Waals surface area contributed by atoms with Gasteiger partial charge >= 0.3 is 0 Å². The Kier molecular flexibility index (Phi) is 4.43. The summed E-state index contributed by atoms with van der Waals surface area (Å²) < 4.78 is 5.56. The van der Waals surface area contributed by atoms with Crippen LogP contribution in [0.15, 0.2) is 24.5 Å². The first kappa shape index (κ1) is 10.2. The molecule has 3 nitrogen and oxygen atoms in total. The van der Waals surface area contributed by atoms with E-state index >= 15 is 0 Å². The zero-order valence-corrected chi connectivity index (χ0v) is 7.94. The molecule has 0 aliphatic carbocycles. The Morgan fingerprint density at radius 1 is 1.62 bits per heavy atom. The topological polar surface area (TPSA) is 48.1 Å². The number of pyridine rings is 1. The molecule has 0 bridgehead atoms. The van der Waals surface area contributed by atoms with Crippen molar-refractivity contribution in [3.8, 4) is 0 Å². The highest BCUT2D eigenvalue weighted by Crippen LogP contribution is 2.14. The molecule has 0 spiro atoms. The van der Waals surface area contributed by atoms with Gasteiger partial charge in [-0.25, -0.2) is 0 Å². The van der Waals surface area contributed by atoms with Crippen LogP contribution < -0.4 is 5.73 Å². The molecule has 0 radical (unpaired) electrons. The molecule has 1 aromatic heterocycles. The Hall–Kier alpha value is -0.930. The Morgan fingerprint density at radius 2 is 2.46 bits per heavy atom. The molecule has 0 saturated carbocycles. The van der Waals surface area contributed by atoms with Crippen LogP contribution in [0.4, 0.5) is 0 Å². The average Bonchev–Trinajstić information content (AvgIpc) is 2.21. The summed E-state index contributed by atoms with van der Waals surface area (Å²) >= 11 is 0. The lowest BCUT2D eigenvalue weighted by molar-refractivity contribution is 0.0589. The molecule has 0 amide bonds. The lowest BCUT2D eigenvalue weighted by atomic mass is 10.1. The molecular formula is C10H16N2O. The summed E-state index contributed by atoms with van der Waals surface area (Å²) in [7, 11) is 0. The SMILES string of the molecule is CCCOC(CN)c1cccnc1. The number of nitrogens with two attached hydrogens (primary N) is 1. The highest BCUT2D eigenvalue weighted by molar-refractivity contribution is 5.12. The van der Waals surface area contributed by atoms with Gasteiger partial charge in [0.05, 0.1) is 6.10 Å². The minimum absolute atomic E-state index is 0.00588. The van der Waals surface area contributed by atoms with Crippen molar-refractivity contribution in [3.63, 3.8) is 0 Å². The van der Waals surface area contributed by atoms with Gasteiger partial charge in [-0.1, -0.05) is 13.0 Å². The molecule has 0 fully saturated rings. The predicted molar refractivity (Wildman–Crippen MR) is 52.3 cm³/mol. The van der Waals surface area contributed by atoms with Crippen LogP contribution in [0.2, 0.25) is 0 Å². The molecule has 0 aliphatic rings. The second-order valence-corrected chi connectivity index (χ2v) is 2.88. The van der Waals surface area contributed by atoms with E-state index < -0.39 is 0 Å². The number of aromatic nitrogens is 1. The van der Waals surface area contributed by atoms with E-state index in [0.29, 0.717) is 6.54 Å². The van der Waals surface area contributed by atoms with Crippen LogP contribution in [-0.4, -0.2) is 18.1 Å². The molecule has 0 saturated heterocycles. The lowest BCUT2D eigenvalue weighted by Gasteiger charge is -2.14. The summed E-state index contributed by atoms with van der Waals surface area (Å²) in [5, 5.41) is 0. The van der Waals surface area contributed by atoms with Crippen LogP contribution in [0.25, 0.3) is 0 Å². The molecule has 1 atom stereocenters. The molecule has 0 aliphatic heterocycles. The number of nitrogens with zero attached hydrogens (tertiary/aromatic N) is 1. The normalized spacial score (nSPS) is 12.8. The molecule has 1 unspecified atom stereocenters. The molecule has 3 heteroatoms. The van der Waals surface area contributed by atoms with E-state index in [2.05, 4.69) is 11.9 Å². The Bertz CT molecular complexity index is 226. The first-order valence-electron chi connectivity index (χ1n) is 4.60. The molecule has 1 rings (SSSR count). The van der Waals surface area contributed by atoms with E-state index in [1.54, 1.807) is 12.4 Å². The lowest BCUT2D eigenvalue weighted by Crippen LogP contribution is -2.16. The zero-order chi connectivity index (χ0) is 9.52. The fourth-order valence-corrected chi connectivity index (χ4v) is 1.13. The first-order chi connectivity index (χ1) is 6.38. The standard InChI is InChI=1S/C10H16N2O/c1-2-6-13-10(7-11)9-4-3-5-12-8-9/h3-5,8,10H,2,6-7,11H2,1H3. The maximum atomic E-state index is 5.59. The second-order valence-electron chi connectivity index (χ2n) is 2.88. The van der Waals surface area contributed by atoms with Gasteiger partial charge in [-0.3, -0.25) is 4.98 Å². The van der Waals surface area contributed by atoms with Crippen molar-refractivity contribution in [1.82, 2.24) is 4.98 Å². The van der Waals surface area contributed by atoms with E-state index in [-0.39, 0.29) is 6.10 Å². The minimum Gasteiger partial charge on any atom is -0.372 e. The summed E-state index contributed by atoms with van der Waals surface area (Å²) in [5.74, 6) is 0. The second kappa shape index (κ2) is 5.67. The van der Waals surface area contributed by atoms with Gasteiger partial charge in [-0.2, -0.15) is 0 Å². The van der Waals surface area contributed by atoms with Crippen molar-refractivity contribution < 1.29 is 4.74 Å². The fraction of sp³-hybridized carbons (Fsp3) is 0.500. The van der Waals surface area contributed by atoms with Crippen LogP contribution >= 0.6 is 0 Å². The van der Waals surface area contributed by atoms with Crippen LogP contribution in [-0.2, 0) is 4.74 Å². The van der Waals surface area contributed by atoms with E-state index in [1.807, 2.05) is 12.1 Å². The highest BCUT2D eigenvalue weighted by Gasteiger charge is 2.08. The van der Waals surface area contributed by atoms with Crippen LogP contribution in [0.1, 0.15) is 25.0 Å². The van der Waals surface area contributed by atoms with Crippen LogP contribution in [0.5, 0.6) is 0 Å². The Morgan fingerprint density at radius 3 is 3.00 bits per heavy atom. The first-order valence-corrected chi connectivity index (χ1v) is 4.60. The van der Waals surface area contributed by atoms with Gasteiger partial charge in [0.25, 0.3) is 0 Å². The summed E-state index contributed by atoms with van der Waals surface area (Å²) in [6, 6.07) is 3.88. The van der Waals surface area contributed by atoms with Gasteiger partial charge < -0.3 is 10.5 Å². The quantitative estimate of drug-likeness (QED) is 0.747. The molecule has 0 aromatic carbocycles. The molecular weight excluding hydrogens is 164 g/mol. The highest BCUT2D eigenvalue weighted by atomic mass is 16.5. The largest absolute Gasteiger partial charge is 0.372 e. The van der Waals surface area contributed by atoms with Crippen molar-refractivity contribution in [3.05, 3.63) is 30.1 Å². The fourth-order valence-electron chi connectivity index (χ4n) is 1.13. The third kappa shape index (κ3) is 3.13. The average molecular weight is 180 g/mol. The van der Waals surface area contributed by atoms with Gasteiger partial charge in [0.15, 0.2) is 0 Å². The van der Waals surface area contributed by atoms with E-state index in [1.165, 1.54) is 0 Å². The Balaban J connectivity index is 2.56. The number of hydrogen-bond donors (Lipinski definition) is 1. The van der Waals surface area contributed by atoms with Crippen molar-refractivity contribution in [1.29, 1.82) is 0 Å². The van der Waals surface area contributed by atoms with Crippen molar-refractivity contribution in [2.75, 3.05) is 13.2 Å². The maximum absolute atomic E-state index is 5.59. The maximum Gasteiger partial charge on any atom is 0.0961 e. The van der Waals surface area contributed by atoms with Gasteiger partial charge in [0.1, 0.15) is 0 Å². The van der Waals surface area contributed by atoms with E-state index in [9.17, 15) is 0 Å². The Labute approximate surface area is 78.9 Å². The predicted octanol–water partition coefficient (Wildman–Crippen LogP) is 1.51. The molecule has 1 aromatic rings. The van der Waals surface area contributed by atoms with Gasteiger partial charge in [0, 0.05) is 31.1 Å². The van der Waals surface area contributed by atoms with Crippen molar-refractivity contribution in [2.45, 2.75) is 19.4 Å². The zero-order valence-electron chi connectivity index (χ0n) is 7.94. The summed E-state index contributed by atoms with van der Waals surface area (Å²) in [4.78, 5) is 4.03. The molecule has 2 N–H and O–H groups in total. The third-order valence-electron chi connectivity index (χ3n) is 1.79. The molecule has 13 heavy (non-hydrogen) atoms. The van der Waals surface area contributed by atoms with Gasteiger partial charge in [-0.05, 0) is 12.5 Å². The number of rotatable bonds is 5. The molecule has 1 heterocycles. The minimum atomic E-state index is -0.00588. The van der Waals surface area contributed by atoms with Crippen molar-refractivity contribution in [2.24, 2.45) is 5.73 Å². The van der Waals surface area contributed by atoms with Crippen LogP contribution in [0.3, 0.4) is 0 Å². The monoisotopic (exact) mass is 180 g/mol. The molecule has 72 valence electrons. The van der Waals surface area contributed by atoms with Gasteiger partial charge in [0.2, 0.25) is 0 Å². The van der Waals surface area contributed by atoms with Crippen molar-refractivity contribution >= 4 is 0 Å². The van der Waals surface area contributed by atoms with E-state index in [4.69, 9.17) is 10.5 Å². The van der Waals surface area contributed by atoms with E-state index in [0.717, 1.165) is 18.6 Å². The summed E-state index contributed by atoms with van der Waals surface area (Å²) in [6.07, 6.45) is 4.55. The summed E-state index contributed by atoms with van der Waals surface area (Å²) in [6.45, 7) is 3.33.